The van der Waals surface area contributed by atoms with Gasteiger partial charge in [0, 0.05) is 24.5 Å². The maximum absolute atomic E-state index is 11.3. The number of benzene rings is 1. The molecule has 0 aliphatic carbocycles. The molecular weight excluding hydrogens is 292 g/mol. The number of aromatic nitrogens is 2. The minimum atomic E-state index is -0.491. The lowest BCUT2D eigenvalue weighted by atomic mass is 10.1. The van der Waals surface area contributed by atoms with Crippen molar-refractivity contribution in [2.24, 2.45) is 0 Å². The van der Waals surface area contributed by atoms with Crippen LogP contribution in [0.3, 0.4) is 0 Å². The summed E-state index contributed by atoms with van der Waals surface area (Å²) in [6.07, 6.45) is 2.53. The fourth-order valence-electron chi connectivity index (χ4n) is 2.81. The van der Waals surface area contributed by atoms with Crippen LogP contribution in [0.2, 0.25) is 0 Å². The lowest BCUT2D eigenvalue weighted by molar-refractivity contribution is 0.0593. The minimum Gasteiger partial charge on any atom is -0.464 e. The van der Waals surface area contributed by atoms with E-state index < -0.39 is 5.97 Å². The van der Waals surface area contributed by atoms with Crippen molar-refractivity contribution in [3.8, 4) is 0 Å². The van der Waals surface area contributed by atoms with Gasteiger partial charge < -0.3 is 15.0 Å². The van der Waals surface area contributed by atoms with Gasteiger partial charge in [0.2, 0.25) is 0 Å². The van der Waals surface area contributed by atoms with E-state index in [0.717, 1.165) is 18.8 Å². The van der Waals surface area contributed by atoms with Crippen LogP contribution >= 0.6 is 0 Å². The van der Waals surface area contributed by atoms with Gasteiger partial charge >= 0.3 is 5.97 Å². The fraction of sp³-hybridized carbons (Fsp3) is 0.353. The molecule has 1 N–H and O–H groups in total. The predicted octanol–water partition coefficient (Wildman–Crippen LogP) is 2.92. The second-order valence-corrected chi connectivity index (χ2v) is 5.62. The first kappa shape index (κ1) is 15.3. The van der Waals surface area contributed by atoms with Crippen molar-refractivity contribution >= 4 is 23.2 Å². The highest BCUT2D eigenvalue weighted by molar-refractivity contribution is 5.87. The van der Waals surface area contributed by atoms with Crippen LogP contribution in [0.15, 0.2) is 30.3 Å². The molecule has 0 bridgehead atoms. The van der Waals surface area contributed by atoms with Crippen LogP contribution in [0, 0.1) is 6.92 Å². The molecule has 2 aromatic rings. The number of anilines is 3. The molecule has 23 heavy (non-hydrogen) atoms. The van der Waals surface area contributed by atoms with Crippen molar-refractivity contribution < 1.29 is 9.53 Å². The largest absolute Gasteiger partial charge is 0.464 e. The Bertz CT molecular complexity index is 694. The van der Waals surface area contributed by atoms with Crippen LogP contribution in [-0.4, -0.2) is 36.4 Å². The molecule has 0 saturated carbocycles. The van der Waals surface area contributed by atoms with Gasteiger partial charge in [-0.1, -0.05) is 0 Å². The summed E-state index contributed by atoms with van der Waals surface area (Å²) in [4.78, 5) is 13.8. The van der Waals surface area contributed by atoms with Crippen molar-refractivity contribution in [3.05, 3.63) is 41.6 Å². The molecule has 0 atom stereocenters. The average Bonchev–Trinajstić information content (AvgIpc) is 3.09. The number of rotatable bonds is 4. The molecule has 0 amide bonds. The zero-order valence-corrected chi connectivity index (χ0v) is 13.4. The third-order valence-electron chi connectivity index (χ3n) is 3.98. The predicted molar refractivity (Wildman–Crippen MR) is 89.3 cm³/mol. The smallest absolute Gasteiger partial charge is 0.358 e. The molecule has 6 nitrogen and oxygen atoms in total. The summed E-state index contributed by atoms with van der Waals surface area (Å²) in [5.41, 5.74) is 3.67. The van der Waals surface area contributed by atoms with Gasteiger partial charge in [-0.3, -0.25) is 0 Å². The van der Waals surface area contributed by atoms with E-state index in [0.29, 0.717) is 5.82 Å². The van der Waals surface area contributed by atoms with E-state index in [9.17, 15) is 4.79 Å². The molecule has 1 fully saturated rings. The maximum atomic E-state index is 11.3. The molecule has 1 aliphatic rings. The molecular formula is C17H20N4O2. The Morgan fingerprint density at radius 3 is 2.57 bits per heavy atom. The summed E-state index contributed by atoms with van der Waals surface area (Å²) in [6, 6.07) is 9.58. The van der Waals surface area contributed by atoms with Crippen molar-refractivity contribution in [1.82, 2.24) is 10.2 Å². The van der Waals surface area contributed by atoms with Gasteiger partial charge in [0.05, 0.1) is 7.11 Å². The van der Waals surface area contributed by atoms with Crippen LogP contribution in [0.4, 0.5) is 17.2 Å². The number of carbonyl (C=O) groups is 1. The highest BCUT2D eigenvalue weighted by Gasteiger charge is 2.14. The third kappa shape index (κ3) is 3.41. The number of carbonyl (C=O) groups excluding carboxylic acids is 1. The van der Waals surface area contributed by atoms with Crippen LogP contribution < -0.4 is 10.2 Å². The molecule has 2 heterocycles. The second-order valence-electron chi connectivity index (χ2n) is 5.62. The van der Waals surface area contributed by atoms with Gasteiger partial charge in [-0.05, 0) is 55.7 Å². The van der Waals surface area contributed by atoms with Crippen molar-refractivity contribution in [2.75, 3.05) is 30.4 Å². The Kier molecular flexibility index (Phi) is 4.41. The number of hydrogen-bond donors (Lipinski definition) is 1. The SMILES string of the molecule is COC(=O)c1ccc(Nc2ccc(N3CCCC3)c(C)c2)nn1. The number of nitrogens with one attached hydrogen (secondary N) is 1. The Morgan fingerprint density at radius 1 is 1.17 bits per heavy atom. The van der Waals surface area contributed by atoms with Gasteiger partial charge in [0.25, 0.3) is 0 Å². The third-order valence-corrected chi connectivity index (χ3v) is 3.98. The van der Waals surface area contributed by atoms with Crippen LogP contribution in [0.5, 0.6) is 0 Å². The Hall–Kier alpha value is -2.63. The molecule has 120 valence electrons. The molecule has 1 aliphatic heterocycles. The van der Waals surface area contributed by atoms with E-state index >= 15 is 0 Å². The number of methoxy groups -OCH3 is 1. The molecule has 0 unspecified atom stereocenters. The van der Waals surface area contributed by atoms with Gasteiger partial charge in [-0.25, -0.2) is 4.79 Å². The topological polar surface area (TPSA) is 67.3 Å². The van der Waals surface area contributed by atoms with Gasteiger partial charge in [-0.2, -0.15) is 0 Å². The van der Waals surface area contributed by atoms with Crippen LogP contribution in [-0.2, 0) is 4.74 Å². The first-order chi connectivity index (χ1) is 11.2. The molecule has 1 aromatic carbocycles. The molecule has 0 radical (unpaired) electrons. The minimum absolute atomic E-state index is 0.193. The number of ether oxygens (including phenoxy) is 1. The Balaban J connectivity index is 1.72. The van der Waals surface area contributed by atoms with Gasteiger partial charge in [0.15, 0.2) is 11.5 Å². The summed E-state index contributed by atoms with van der Waals surface area (Å²) in [7, 11) is 1.32. The maximum Gasteiger partial charge on any atom is 0.358 e. The fourth-order valence-corrected chi connectivity index (χ4v) is 2.81. The van der Waals surface area contributed by atoms with E-state index in [2.05, 4.69) is 44.2 Å². The summed E-state index contributed by atoms with van der Waals surface area (Å²) in [5.74, 6) is 0.0980. The normalized spacial score (nSPS) is 13.9. The number of aryl methyl sites for hydroxylation is 1. The quantitative estimate of drug-likeness (QED) is 0.876. The van der Waals surface area contributed by atoms with E-state index in [1.165, 1.54) is 31.2 Å². The highest BCUT2D eigenvalue weighted by atomic mass is 16.5. The van der Waals surface area contributed by atoms with Gasteiger partial charge in [-0.15, -0.1) is 10.2 Å². The summed E-state index contributed by atoms with van der Waals surface area (Å²) in [5, 5.41) is 11.1. The second kappa shape index (κ2) is 6.64. The van der Waals surface area contributed by atoms with E-state index in [1.807, 2.05) is 6.07 Å². The lowest BCUT2D eigenvalue weighted by Gasteiger charge is -2.20. The highest BCUT2D eigenvalue weighted by Crippen LogP contribution is 2.27. The number of esters is 1. The lowest BCUT2D eigenvalue weighted by Crippen LogP contribution is -2.18. The zero-order valence-electron chi connectivity index (χ0n) is 13.4. The Morgan fingerprint density at radius 2 is 1.96 bits per heavy atom. The first-order valence-electron chi connectivity index (χ1n) is 7.72. The molecule has 0 spiro atoms. The van der Waals surface area contributed by atoms with E-state index in [-0.39, 0.29) is 5.69 Å². The van der Waals surface area contributed by atoms with Crippen molar-refractivity contribution in [3.63, 3.8) is 0 Å². The monoisotopic (exact) mass is 312 g/mol. The number of nitrogens with zero attached hydrogens (tertiary/aromatic N) is 3. The average molecular weight is 312 g/mol. The van der Waals surface area contributed by atoms with Gasteiger partial charge in [0.1, 0.15) is 0 Å². The van der Waals surface area contributed by atoms with E-state index in [1.54, 1.807) is 12.1 Å². The van der Waals surface area contributed by atoms with E-state index in [4.69, 9.17) is 0 Å². The molecule has 6 heteroatoms. The molecule has 1 aromatic heterocycles. The summed E-state index contributed by atoms with van der Waals surface area (Å²) < 4.78 is 4.61. The Labute approximate surface area is 135 Å². The first-order valence-corrected chi connectivity index (χ1v) is 7.72. The number of hydrogen-bond acceptors (Lipinski definition) is 6. The van der Waals surface area contributed by atoms with Crippen molar-refractivity contribution in [1.29, 1.82) is 0 Å². The summed E-state index contributed by atoms with van der Waals surface area (Å²) >= 11 is 0. The van der Waals surface area contributed by atoms with Crippen LogP contribution in [0.1, 0.15) is 28.9 Å². The molecule has 1 saturated heterocycles. The van der Waals surface area contributed by atoms with Crippen molar-refractivity contribution in [2.45, 2.75) is 19.8 Å². The van der Waals surface area contributed by atoms with Crippen LogP contribution in [0.25, 0.3) is 0 Å². The molecule has 3 rings (SSSR count). The standard InChI is InChI=1S/C17H20N4O2/c1-12-11-13(5-7-15(12)21-9-3-4-10-21)18-16-8-6-14(19-20-16)17(22)23-2/h5-8,11H,3-4,9-10H2,1-2H3,(H,18,20). The zero-order chi connectivity index (χ0) is 16.2. The summed E-state index contributed by atoms with van der Waals surface area (Å²) in [6.45, 7) is 4.38.